The fourth-order valence-corrected chi connectivity index (χ4v) is 3.07. The van der Waals surface area contributed by atoms with Crippen LogP contribution in [0.25, 0.3) is 0 Å². The average Bonchev–Trinajstić information content (AvgIpc) is 2.96. The molecule has 1 aromatic rings. The molecule has 6 nitrogen and oxygen atoms in total. The molecule has 1 saturated carbocycles. The number of hydrogen-bond donors (Lipinski definition) is 2. The van der Waals surface area contributed by atoms with Crippen molar-refractivity contribution >= 4 is 5.91 Å². The van der Waals surface area contributed by atoms with Gasteiger partial charge in [-0.1, -0.05) is 6.42 Å². The van der Waals surface area contributed by atoms with Crippen molar-refractivity contribution in [2.75, 3.05) is 21.3 Å². The third-order valence-electron chi connectivity index (χ3n) is 4.38. The smallest absolute Gasteiger partial charge is 0.220 e. The summed E-state index contributed by atoms with van der Waals surface area (Å²) in [5.41, 5.74) is 6.91. The van der Waals surface area contributed by atoms with Crippen LogP contribution in [0.3, 0.4) is 0 Å². The van der Waals surface area contributed by atoms with Crippen LogP contribution in [0.1, 0.15) is 31.2 Å². The van der Waals surface area contributed by atoms with Gasteiger partial charge in [-0.25, -0.2) is 0 Å². The Morgan fingerprint density at radius 3 is 2.30 bits per heavy atom. The number of nitrogens with two attached hydrogens (primary N) is 1. The summed E-state index contributed by atoms with van der Waals surface area (Å²) in [6.07, 6.45) is 3.67. The van der Waals surface area contributed by atoms with Crippen LogP contribution in [0, 0.1) is 5.92 Å². The lowest BCUT2D eigenvalue weighted by molar-refractivity contribution is -0.122. The number of rotatable bonds is 7. The number of nitrogens with one attached hydrogen (secondary N) is 1. The molecule has 0 aliphatic heterocycles. The molecule has 0 aromatic heterocycles. The molecule has 1 amide bonds. The van der Waals surface area contributed by atoms with E-state index in [0.717, 1.165) is 24.8 Å². The quantitative estimate of drug-likeness (QED) is 0.800. The van der Waals surface area contributed by atoms with Gasteiger partial charge in [0.2, 0.25) is 11.7 Å². The lowest BCUT2D eigenvalue weighted by atomic mass is 10.00. The second kappa shape index (κ2) is 8.06. The zero-order valence-corrected chi connectivity index (χ0v) is 14.1. The highest BCUT2D eigenvalue weighted by molar-refractivity contribution is 5.76. The summed E-state index contributed by atoms with van der Waals surface area (Å²) in [6.45, 7) is 0.414. The van der Waals surface area contributed by atoms with Gasteiger partial charge in [-0.3, -0.25) is 4.79 Å². The number of carbonyl (C=O) groups excluding carboxylic acids is 1. The van der Waals surface area contributed by atoms with Crippen molar-refractivity contribution < 1.29 is 19.0 Å². The highest BCUT2D eigenvalue weighted by Gasteiger charge is 2.26. The summed E-state index contributed by atoms with van der Waals surface area (Å²) in [5.74, 6) is 2.03. The molecule has 1 fully saturated rings. The van der Waals surface area contributed by atoms with Gasteiger partial charge in [-0.05, 0) is 36.5 Å². The van der Waals surface area contributed by atoms with E-state index >= 15 is 0 Å². The molecule has 3 N–H and O–H groups in total. The summed E-state index contributed by atoms with van der Waals surface area (Å²) in [5, 5.41) is 2.94. The van der Waals surface area contributed by atoms with Crippen molar-refractivity contribution in [2.45, 2.75) is 38.3 Å². The van der Waals surface area contributed by atoms with E-state index in [-0.39, 0.29) is 11.9 Å². The molecule has 23 heavy (non-hydrogen) atoms. The zero-order chi connectivity index (χ0) is 16.8. The van der Waals surface area contributed by atoms with Crippen LogP contribution >= 0.6 is 0 Å². The average molecular weight is 322 g/mol. The number of ether oxygens (including phenoxy) is 3. The Bertz CT molecular complexity index is 522. The lowest BCUT2D eigenvalue weighted by Gasteiger charge is -2.16. The van der Waals surface area contributed by atoms with Crippen LogP contribution in [0.4, 0.5) is 0 Å². The minimum atomic E-state index is 0.0288. The summed E-state index contributed by atoms with van der Waals surface area (Å²) in [6, 6.07) is 3.83. The van der Waals surface area contributed by atoms with Crippen LogP contribution in [0.2, 0.25) is 0 Å². The van der Waals surface area contributed by atoms with Crippen LogP contribution in [0.5, 0.6) is 17.2 Å². The van der Waals surface area contributed by atoms with Crippen molar-refractivity contribution in [2.24, 2.45) is 11.7 Å². The topological polar surface area (TPSA) is 82.8 Å². The molecule has 0 bridgehead atoms. The summed E-state index contributed by atoms with van der Waals surface area (Å²) < 4.78 is 15.9. The zero-order valence-electron chi connectivity index (χ0n) is 14.1. The van der Waals surface area contributed by atoms with Crippen molar-refractivity contribution in [1.29, 1.82) is 0 Å². The van der Waals surface area contributed by atoms with Gasteiger partial charge in [0, 0.05) is 19.0 Å². The fourth-order valence-electron chi connectivity index (χ4n) is 3.07. The molecular weight excluding hydrogens is 296 g/mol. The molecule has 1 aliphatic rings. The van der Waals surface area contributed by atoms with Gasteiger partial charge >= 0.3 is 0 Å². The first-order valence-corrected chi connectivity index (χ1v) is 7.90. The van der Waals surface area contributed by atoms with Gasteiger partial charge in [-0.15, -0.1) is 0 Å². The van der Waals surface area contributed by atoms with Crippen LogP contribution in [-0.2, 0) is 11.3 Å². The minimum absolute atomic E-state index is 0.0288. The molecule has 0 radical (unpaired) electrons. The first-order chi connectivity index (χ1) is 11.1. The van der Waals surface area contributed by atoms with E-state index in [1.165, 1.54) is 0 Å². The Morgan fingerprint density at radius 2 is 1.83 bits per heavy atom. The van der Waals surface area contributed by atoms with Gasteiger partial charge in [-0.2, -0.15) is 0 Å². The monoisotopic (exact) mass is 322 g/mol. The normalized spacial score (nSPS) is 20.2. The number of amides is 1. The van der Waals surface area contributed by atoms with Crippen molar-refractivity contribution in [3.63, 3.8) is 0 Å². The molecule has 1 aliphatic carbocycles. The maximum atomic E-state index is 12.1. The van der Waals surface area contributed by atoms with Gasteiger partial charge < -0.3 is 25.3 Å². The standard InChI is InChI=1S/C17H26N2O4/c1-21-14-7-11(8-15(22-2)17(14)23-3)10-19-16(20)9-12-5-4-6-13(12)18/h7-8,12-13H,4-6,9-10,18H2,1-3H3,(H,19,20)/t12-,13+/m0/s1. The Hall–Kier alpha value is -1.95. The first-order valence-electron chi connectivity index (χ1n) is 7.90. The van der Waals surface area contributed by atoms with Gasteiger partial charge in [0.1, 0.15) is 0 Å². The molecule has 2 rings (SSSR count). The predicted octanol–water partition coefficient (Wildman–Crippen LogP) is 1.85. The van der Waals surface area contributed by atoms with E-state index in [2.05, 4.69) is 5.32 Å². The molecule has 0 unspecified atom stereocenters. The van der Waals surface area contributed by atoms with Crippen molar-refractivity contribution in [3.05, 3.63) is 17.7 Å². The number of hydrogen-bond acceptors (Lipinski definition) is 5. The maximum Gasteiger partial charge on any atom is 0.220 e. The predicted molar refractivity (Wildman–Crippen MR) is 87.9 cm³/mol. The van der Waals surface area contributed by atoms with Crippen LogP contribution < -0.4 is 25.3 Å². The second-order valence-corrected chi connectivity index (χ2v) is 5.87. The molecule has 2 atom stereocenters. The Kier molecular flexibility index (Phi) is 6.10. The Balaban J connectivity index is 1.98. The van der Waals surface area contributed by atoms with E-state index in [0.29, 0.717) is 36.1 Å². The summed E-state index contributed by atoms with van der Waals surface area (Å²) >= 11 is 0. The lowest BCUT2D eigenvalue weighted by Crippen LogP contribution is -2.31. The van der Waals surface area contributed by atoms with Gasteiger partial charge in [0.05, 0.1) is 21.3 Å². The molecular formula is C17H26N2O4. The Morgan fingerprint density at radius 1 is 1.17 bits per heavy atom. The summed E-state index contributed by atoms with van der Waals surface area (Å²) in [4.78, 5) is 12.1. The fraction of sp³-hybridized carbons (Fsp3) is 0.588. The largest absolute Gasteiger partial charge is 0.493 e. The molecule has 1 aromatic carbocycles. The van der Waals surface area contributed by atoms with Gasteiger partial charge in [0.25, 0.3) is 0 Å². The molecule has 0 heterocycles. The van der Waals surface area contributed by atoms with Crippen LogP contribution in [0.15, 0.2) is 12.1 Å². The Labute approximate surface area is 137 Å². The van der Waals surface area contributed by atoms with E-state index in [9.17, 15) is 4.79 Å². The van der Waals surface area contributed by atoms with Crippen molar-refractivity contribution in [3.8, 4) is 17.2 Å². The van der Waals surface area contributed by atoms with Crippen LogP contribution in [-0.4, -0.2) is 33.3 Å². The number of carbonyl (C=O) groups is 1. The third-order valence-corrected chi connectivity index (χ3v) is 4.38. The SMILES string of the molecule is COc1cc(CNC(=O)C[C@@H]2CCC[C@H]2N)cc(OC)c1OC. The minimum Gasteiger partial charge on any atom is -0.493 e. The summed E-state index contributed by atoms with van der Waals surface area (Å²) in [7, 11) is 4.70. The van der Waals surface area contributed by atoms with E-state index in [1.807, 2.05) is 12.1 Å². The van der Waals surface area contributed by atoms with Crippen molar-refractivity contribution in [1.82, 2.24) is 5.32 Å². The maximum absolute atomic E-state index is 12.1. The van der Waals surface area contributed by atoms with E-state index < -0.39 is 0 Å². The molecule has 128 valence electrons. The highest BCUT2D eigenvalue weighted by Crippen LogP contribution is 2.38. The first kappa shape index (κ1) is 17.4. The second-order valence-electron chi connectivity index (χ2n) is 5.87. The number of benzene rings is 1. The molecule has 0 spiro atoms. The molecule has 0 saturated heterocycles. The van der Waals surface area contributed by atoms with E-state index in [1.54, 1.807) is 21.3 Å². The molecule has 6 heteroatoms. The van der Waals surface area contributed by atoms with Gasteiger partial charge in [0.15, 0.2) is 11.5 Å². The third kappa shape index (κ3) is 4.28. The van der Waals surface area contributed by atoms with E-state index in [4.69, 9.17) is 19.9 Å². The number of methoxy groups -OCH3 is 3. The highest BCUT2D eigenvalue weighted by atomic mass is 16.5.